The van der Waals surface area contributed by atoms with Gasteiger partial charge in [0, 0.05) is 24.2 Å². The number of likely N-dealkylation sites (tertiary alicyclic amines) is 1. The maximum Gasteiger partial charge on any atom is 0.171 e. The second kappa shape index (κ2) is 6.15. The summed E-state index contributed by atoms with van der Waals surface area (Å²) in [5, 5.41) is 11.4. The summed E-state index contributed by atoms with van der Waals surface area (Å²) in [6.45, 7) is 1.40. The highest BCUT2D eigenvalue weighted by molar-refractivity contribution is 5.36. The zero-order valence-corrected chi connectivity index (χ0v) is 12.3. The number of piperidine rings is 1. The summed E-state index contributed by atoms with van der Waals surface area (Å²) in [6, 6.07) is 11.8. The molecule has 2 aromatic carbocycles. The molecule has 2 aromatic rings. The van der Waals surface area contributed by atoms with Gasteiger partial charge in [-0.1, -0.05) is 30.7 Å². The number of aliphatic hydroxyl groups is 1. The number of hydrogen-bond donors (Lipinski definition) is 1. The van der Waals surface area contributed by atoms with Gasteiger partial charge in [-0.25, -0.2) is 8.78 Å². The van der Waals surface area contributed by atoms with E-state index < -0.39 is 17.4 Å². The van der Waals surface area contributed by atoms with E-state index in [1.165, 1.54) is 24.3 Å². The first-order chi connectivity index (χ1) is 10.6. The molecule has 1 N–H and O–H groups in total. The molecule has 2 nitrogen and oxygen atoms in total. The molecule has 3 rings (SSSR count). The Labute approximate surface area is 129 Å². The number of halogens is 2. The maximum absolute atomic E-state index is 13.7. The van der Waals surface area contributed by atoms with Gasteiger partial charge in [0.05, 0.1) is 0 Å². The van der Waals surface area contributed by atoms with E-state index in [0.717, 1.165) is 19.3 Å². The van der Waals surface area contributed by atoms with Crippen molar-refractivity contribution in [2.75, 3.05) is 13.1 Å². The molecule has 0 unspecified atom stereocenters. The molecule has 0 spiro atoms. The van der Waals surface area contributed by atoms with Gasteiger partial charge in [0.25, 0.3) is 0 Å². The van der Waals surface area contributed by atoms with Crippen molar-refractivity contribution in [1.29, 1.82) is 0 Å². The maximum atomic E-state index is 13.7. The van der Waals surface area contributed by atoms with E-state index in [9.17, 15) is 13.9 Å². The Balaban J connectivity index is 2.12. The van der Waals surface area contributed by atoms with Crippen LogP contribution in [0.2, 0.25) is 0 Å². The second-order valence-corrected chi connectivity index (χ2v) is 5.74. The predicted molar refractivity (Wildman–Crippen MR) is 81.2 cm³/mol. The van der Waals surface area contributed by atoms with E-state index in [-0.39, 0.29) is 0 Å². The van der Waals surface area contributed by atoms with Crippen molar-refractivity contribution >= 4 is 0 Å². The molecule has 0 amide bonds. The largest absolute Gasteiger partial charge is 0.367 e. The molecule has 1 saturated heterocycles. The molecular formula is C18H19F2NO. The van der Waals surface area contributed by atoms with Crippen molar-refractivity contribution in [2.24, 2.45) is 0 Å². The lowest BCUT2D eigenvalue weighted by molar-refractivity contribution is -0.0897. The van der Waals surface area contributed by atoms with Crippen LogP contribution >= 0.6 is 0 Å². The molecule has 1 aliphatic heterocycles. The Morgan fingerprint density at radius 2 is 1.32 bits per heavy atom. The molecule has 1 fully saturated rings. The molecule has 0 radical (unpaired) electrons. The van der Waals surface area contributed by atoms with Crippen LogP contribution in [0.3, 0.4) is 0 Å². The average molecular weight is 303 g/mol. The predicted octanol–water partition coefficient (Wildman–Crippen LogP) is 3.64. The molecule has 0 bridgehead atoms. The Hall–Kier alpha value is -1.78. The van der Waals surface area contributed by atoms with Crippen molar-refractivity contribution < 1.29 is 13.9 Å². The quantitative estimate of drug-likeness (QED) is 0.935. The first-order valence-electron chi connectivity index (χ1n) is 7.60. The normalized spacial score (nSPS) is 16.7. The van der Waals surface area contributed by atoms with Crippen molar-refractivity contribution in [2.45, 2.75) is 25.0 Å². The number of rotatable bonds is 3. The SMILES string of the molecule is OC(c1cccc(F)c1)(c1cccc(F)c1)N1CCCCC1. The lowest BCUT2D eigenvalue weighted by Crippen LogP contribution is -2.49. The lowest BCUT2D eigenvalue weighted by Gasteiger charge is -2.42. The molecule has 0 aliphatic carbocycles. The van der Waals surface area contributed by atoms with Crippen LogP contribution < -0.4 is 0 Å². The molecular weight excluding hydrogens is 284 g/mol. The van der Waals surface area contributed by atoms with Gasteiger partial charge < -0.3 is 5.11 Å². The van der Waals surface area contributed by atoms with Crippen molar-refractivity contribution in [3.8, 4) is 0 Å². The average Bonchev–Trinajstić information content (AvgIpc) is 2.55. The van der Waals surface area contributed by atoms with E-state index in [1.54, 1.807) is 24.3 Å². The van der Waals surface area contributed by atoms with Crippen molar-refractivity contribution in [3.63, 3.8) is 0 Å². The monoisotopic (exact) mass is 303 g/mol. The third-order valence-electron chi connectivity index (χ3n) is 4.27. The van der Waals surface area contributed by atoms with Gasteiger partial charge in [-0.3, -0.25) is 4.90 Å². The van der Waals surface area contributed by atoms with Crippen molar-refractivity contribution in [3.05, 3.63) is 71.3 Å². The summed E-state index contributed by atoms with van der Waals surface area (Å²) in [5.41, 5.74) is -0.648. The second-order valence-electron chi connectivity index (χ2n) is 5.74. The smallest absolute Gasteiger partial charge is 0.171 e. The number of hydrogen-bond acceptors (Lipinski definition) is 2. The topological polar surface area (TPSA) is 23.5 Å². The standard InChI is InChI=1S/C18H19F2NO/c19-16-8-4-6-14(12-16)18(22,21-10-2-1-3-11-21)15-7-5-9-17(20)13-15/h4-9,12-13,22H,1-3,10-11H2. The molecule has 1 aliphatic rings. The lowest BCUT2D eigenvalue weighted by atomic mass is 9.90. The first kappa shape index (κ1) is 15.1. The van der Waals surface area contributed by atoms with E-state index in [2.05, 4.69) is 0 Å². The summed E-state index contributed by atoms with van der Waals surface area (Å²) < 4.78 is 27.3. The van der Waals surface area contributed by atoms with Gasteiger partial charge >= 0.3 is 0 Å². The van der Waals surface area contributed by atoms with Crippen LogP contribution in [-0.2, 0) is 5.72 Å². The summed E-state index contributed by atoms with van der Waals surface area (Å²) in [5.74, 6) is -0.825. The third kappa shape index (κ3) is 2.76. The third-order valence-corrected chi connectivity index (χ3v) is 4.27. The van der Waals surface area contributed by atoms with Crippen molar-refractivity contribution in [1.82, 2.24) is 4.90 Å². The van der Waals surface area contributed by atoms with Crippen LogP contribution in [0.1, 0.15) is 30.4 Å². The zero-order valence-electron chi connectivity index (χ0n) is 12.3. The fourth-order valence-electron chi connectivity index (χ4n) is 3.16. The molecule has 1 heterocycles. The van der Waals surface area contributed by atoms with Gasteiger partial charge in [0.1, 0.15) is 11.6 Å². The first-order valence-corrected chi connectivity index (χ1v) is 7.60. The van der Waals surface area contributed by atoms with Gasteiger partial charge in [-0.05, 0) is 37.1 Å². The molecule has 0 aromatic heterocycles. The summed E-state index contributed by atoms with van der Waals surface area (Å²) in [7, 11) is 0. The molecule has 116 valence electrons. The van der Waals surface area contributed by atoms with E-state index >= 15 is 0 Å². The van der Waals surface area contributed by atoms with Gasteiger partial charge in [-0.2, -0.15) is 0 Å². The van der Waals surface area contributed by atoms with E-state index in [4.69, 9.17) is 0 Å². The van der Waals surface area contributed by atoms with Crippen LogP contribution in [0.15, 0.2) is 48.5 Å². The van der Waals surface area contributed by atoms with E-state index in [0.29, 0.717) is 24.2 Å². The van der Waals surface area contributed by atoms with Gasteiger partial charge in [0.2, 0.25) is 0 Å². The fraction of sp³-hybridized carbons (Fsp3) is 0.333. The van der Waals surface area contributed by atoms with Crippen LogP contribution in [0.5, 0.6) is 0 Å². The highest BCUT2D eigenvalue weighted by Crippen LogP contribution is 2.36. The minimum Gasteiger partial charge on any atom is -0.367 e. The molecule has 4 heteroatoms. The number of nitrogens with zero attached hydrogens (tertiary/aromatic N) is 1. The Kier molecular flexibility index (Phi) is 4.23. The molecule has 0 saturated carbocycles. The van der Waals surface area contributed by atoms with Gasteiger partial charge in [-0.15, -0.1) is 0 Å². The van der Waals surface area contributed by atoms with Crippen LogP contribution in [0, 0.1) is 11.6 Å². The van der Waals surface area contributed by atoms with E-state index in [1.807, 2.05) is 4.90 Å². The number of benzene rings is 2. The Morgan fingerprint density at radius 1 is 0.818 bits per heavy atom. The minimum absolute atomic E-state index is 0.413. The van der Waals surface area contributed by atoms with Crippen LogP contribution in [-0.4, -0.2) is 23.1 Å². The Bertz CT molecular complexity index is 608. The zero-order chi connectivity index (χ0) is 15.6. The fourth-order valence-corrected chi connectivity index (χ4v) is 3.16. The molecule has 22 heavy (non-hydrogen) atoms. The van der Waals surface area contributed by atoms with Crippen LogP contribution in [0.25, 0.3) is 0 Å². The summed E-state index contributed by atoms with van der Waals surface area (Å²) in [6.07, 6.45) is 3.04. The summed E-state index contributed by atoms with van der Waals surface area (Å²) in [4.78, 5) is 1.90. The Morgan fingerprint density at radius 3 is 1.77 bits per heavy atom. The van der Waals surface area contributed by atoms with Gasteiger partial charge in [0.15, 0.2) is 5.72 Å². The molecule has 0 atom stereocenters. The minimum atomic E-state index is -1.51. The van der Waals surface area contributed by atoms with Crippen LogP contribution in [0.4, 0.5) is 8.78 Å². The highest BCUT2D eigenvalue weighted by Gasteiger charge is 2.39. The highest BCUT2D eigenvalue weighted by atomic mass is 19.1. The summed E-state index contributed by atoms with van der Waals surface area (Å²) >= 11 is 0.